The van der Waals surface area contributed by atoms with E-state index >= 15 is 0 Å². The number of nitrogens with two attached hydrogens (primary N) is 2. The van der Waals surface area contributed by atoms with Crippen LogP contribution in [0.1, 0.15) is 13.3 Å². The van der Waals surface area contributed by atoms with Crippen LogP contribution < -0.4 is 16.8 Å². The molecule has 0 bridgehead atoms. The third kappa shape index (κ3) is 3.91. The summed E-state index contributed by atoms with van der Waals surface area (Å²) in [7, 11) is 0. The Morgan fingerprint density at radius 3 is 2.67 bits per heavy atom. The molecule has 0 aliphatic rings. The molecule has 0 saturated heterocycles. The van der Waals surface area contributed by atoms with Gasteiger partial charge >= 0.3 is 0 Å². The molecule has 84 valence electrons. The summed E-state index contributed by atoms with van der Waals surface area (Å²) in [6, 6.07) is 5.66. The van der Waals surface area contributed by atoms with Gasteiger partial charge in [0.2, 0.25) is 0 Å². The summed E-state index contributed by atoms with van der Waals surface area (Å²) in [4.78, 5) is 0. The quantitative estimate of drug-likeness (QED) is 0.673. The summed E-state index contributed by atoms with van der Waals surface area (Å²) < 4.78 is 0. The van der Waals surface area contributed by atoms with Crippen molar-refractivity contribution in [3.8, 4) is 0 Å². The van der Waals surface area contributed by atoms with Crippen molar-refractivity contribution < 1.29 is 0 Å². The van der Waals surface area contributed by atoms with E-state index in [-0.39, 0.29) is 0 Å². The monoisotopic (exact) mass is 225 g/mol. The summed E-state index contributed by atoms with van der Waals surface area (Å²) in [5.74, 6) is 0. The Morgan fingerprint density at radius 1 is 1.33 bits per heavy atom. The molecule has 1 aromatic rings. The van der Waals surface area contributed by atoms with Gasteiger partial charge in [-0.1, -0.05) is 6.92 Å². The fraction of sp³-hybridized carbons (Fsp3) is 0.455. The summed E-state index contributed by atoms with van der Waals surface area (Å²) in [6.07, 6.45) is 3.28. The highest BCUT2D eigenvalue weighted by molar-refractivity contribution is 7.99. The van der Waals surface area contributed by atoms with Crippen LogP contribution in [0.2, 0.25) is 0 Å². The lowest BCUT2D eigenvalue weighted by atomic mass is 10.2. The summed E-state index contributed by atoms with van der Waals surface area (Å²) in [5.41, 5.74) is 13.7. The first kappa shape index (κ1) is 12.0. The van der Waals surface area contributed by atoms with Crippen LogP contribution in [0.4, 0.5) is 17.1 Å². The predicted octanol–water partition coefficient (Wildman–Crippen LogP) is 2.40. The van der Waals surface area contributed by atoms with Gasteiger partial charge in [-0.05, 0) is 30.9 Å². The minimum Gasteiger partial charge on any atom is -0.397 e. The van der Waals surface area contributed by atoms with Crippen LogP contribution >= 0.6 is 11.8 Å². The highest BCUT2D eigenvalue weighted by Crippen LogP contribution is 2.19. The molecule has 1 unspecified atom stereocenters. The van der Waals surface area contributed by atoms with Crippen molar-refractivity contribution in [3.05, 3.63) is 18.2 Å². The van der Waals surface area contributed by atoms with E-state index in [1.54, 1.807) is 0 Å². The Hall–Kier alpha value is -1.03. The molecule has 0 fully saturated rings. The van der Waals surface area contributed by atoms with E-state index in [0.29, 0.717) is 16.6 Å². The standard InChI is InChI=1S/C11H19N3S/c1-8(15-2)5-6-14-9-3-4-10(12)11(13)7-9/h3-4,7-8,14H,5-6,12-13H2,1-2H3. The van der Waals surface area contributed by atoms with Gasteiger partial charge in [-0.3, -0.25) is 0 Å². The first-order chi connectivity index (χ1) is 7.13. The van der Waals surface area contributed by atoms with Crippen molar-refractivity contribution in [1.82, 2.24) is 0 Å². The van der Waals surface area contributed by atoms with Crippen LogP contribution in [-0.4, -0.2) is 18.1 Å². The highest BCUT2D eigenvalue weighted by atomic mass is 32.2. The number of rotatable bonds is 5. The van der Waals surface area contributed by atoms with Gasteiger partial charge in [0, 0.05) is 17.5 Å². The maximum Gasteiger partial charge on any atom is 0.0568 e. The third-order valence-corrected chi connectivity index (χ3v) is 3.41. The molecule has 0 aromatic heterocycles. The molecule has 0 heterocycles. The fourth-order valence-corrected chi connectivity index (χ4v) is 1.58. The largest absolute Gasteiger partial charge is 0.397 e. The maximum atomic E-state index is 5.71. The van der Waals surface area contributed by atoms with Gasteiger partial charge in [-0.25, -0.2) is 0 Å². The minimum atomic E-state index is 0.637. The predicted molar refractivity (Wildman–Crippen MR) is 71.4 cm³/mol. The van der Waals surface area contributed by atoms with Crippen LogP contribution in [0.3, 0.4) is 0 Å². The first-order valence-corrected chi connectivity index (χ1v) is 6.34. The summed E-state index contributed by atoms with van der Waals surface area (Å²) in [6.45, 7) is 3.19. The molecule has 0 aliphatic heterocycles. The second-order valence-electron chi connectivity index (χ2n) is 3.61. The number of anilines is 3. The normalized spacial score (nSPS) is 12.4. The molecule has 0 amide bonds. The number of nitrogens with one attached hydrogen (secondary N) is 1. The summed E-state index contributed by atoms with van der Waals surface area (Å²) >= 11 is 1.88. The van der Waals surface area contributed by atoms with E-state index in [2.05, 4.69) is 18.5 Å². The number of hydrogen-bond donors (Lipinski definition) is 3. The Balaban J connectivity index is 2.41. The van der Waals surface area contributed by atoms with Crippen LogP contribution in [-0.2, 0) is 0 Å². The molecule has 0 spiro atoms. The zero-order valence-electron chi connectivity index (χ0n) is 9.29. The molecule has 5 N–H and O–H groups in total. The van der Waals surface area contributed by atoms with Crippen LogP contribution in [0.5, 0.6) is 0 Å². The van der Waals surface area contributed by atoms with Crippen LogP contribution in [0, 0.1) is 0 Å². The second kappa shape index (κ2) is 5.75. The molecule has 4 heteroatoms. The van der Waals surface area contributed by atoms with E-state index in [4.69, 9.17) is 11.5 Å². The molecule has 0 radical (unpaired) electrons. The van der Waals surface area contributed by atoms with Crippen molar-refractivity contribution in [2.75, 3.05) is 29.6 Å². The van der Waals surface area contributed by atoms with Gasteiger partial charge in [-0.2, -0.15) is 11.8 Å². The number of nitrogen functional groups attached to an aromatic ring is 2. The zero-order valence-corrected chi connectivity index (χ0v) is 10.1. The molecule has 0 aliphatic carbocycles. The van der Waals surface area contributed by atoms with Crippen molar-refractivity contribution in [3.63, 3.8) is 0 Å². The van der Waals surface area contributed by atoms with Gasteiger partial charge in [0.25, 0.3) is 0 Å². The number of thioether (sulfide) groups is 1. The minimum absolute atomic E-state index is 0.637. The SMILES string of the molecule is CSC(C)CCNc1ccc(N)c(N)c1. The van der Waals surface area contributed by atoms with Crippen molar-refractivity contribution in [2.45, 2.75) is 18.6 Å². The van der Waals surface area contributed by atoms with Gasteiger partial charge in [-0.15, -0.1) is 0 Å². The average molecular weight is 225 g/mol. The molecule has 0 saturated carbocycles. The Morgan fingerprint density at radius 2 is 2.07 bits per heavy atom. The van der Waals surface area contributed by atoms with E-state index in [0.717, 1.165) is 18.7 Å². The molecule has 1 rings (SSSR count). The lowest BCUT2D eigenvalue weighted by Crippen LogP contribution is -2.08. The topological polar surface area (TPSA) is 64.1 Å². The number of hydrogen-bond acceptors (Lipinski definition) is 4. The number of benzene rings is 1. The molecule has 15 heavy (non-hydrogen) atoms. The Bertz CT molecular complexity index is 315. The van der Waals surface area contributed by atoms with Crippen LogP contribution in [0.25, 0.3) is 0 Å². The third-order valence-electron chi connectivity index (χ3n) is 2.37. The van der Waals surface area contributed by atoms with E-state index in [9.17, 15) is 0 Å². The molecule has 1 aromatic carbocycles. The van der Waals surface area contributed by atoms with Crippen molar-refractivity contribution >= 4 is 28.8 Å². The molecular weight excluding hydrogens is 206 g/mol. The first-order valence-electron chi connectivity index (χ1n) is 5.05. The van der Waals surface area contributed by atoms with Gasteiger partial charge < -0.3 is 16.8 Å². The average Bonchev–Trinajstić information content (AvgIpc) is 2.23. The van der Waals surface area contributed by atoms with Gasteiger partial charge in [0.15, 0.2) is 0 Å². The molecular formula is C11H19N3S. The zero-order chi connectivity index (χ0) is 11.3. The van der Waals surface area contributed by atoms with E-state index in [1.165, 1.54) is 0 Å². The van der Waals surface area contributed by atoms with Gasteiger partial charge in [0.05, 0.1) is 11.4 Å². The molecule has 1 atom stereocenters. The Kier molecular flexibility index (Phi) is 4.62. The van der Waals surface area contributed by atoms with Crippen LogP contribution in [0.15, 0.2) is 18.2 Å². The summed E-state index contributed by atoms with van der Waals surface area (Å²) in [5, 5.41) is 4.01. The maximum absolute atomic E-state index is 5.71. The smallest absolute Gasteiger partial charge is 0.0568 e. The lowest BCUT2D eigenvalue weighted by molar-refractivity contribution is 0.854. The van der Waals surface area contributed by atoms with Crippen molar-refractivity contribution in [1.29, 1.82) is 0 Å². The second-order valence-corrected chi connectivity index (χ2v) is 4.88. The van der Waals surface area contributed by atoms with E-state index in [1.807, 2.05) is 30.0 Å². The Labute approximate surface area is 95.6 Å². The highest BCUT2D eigenvalue weighted by Gasteiger charge is 2.00. The fourth-order valence-electron chi connectivity index (χ4n) is 1.22. The lowest BCUT2D eigenvalue weighted by Gasteiger charge is -2.11. The van der Waals surface area contributed by atoms with Crippen molar-refractivity contribution in [2.24, 2.45) is 0 Å². The van der Waals surface area contributed by atoms with E-state index < -0.39 is 0 Å². The molecule has 3 nitrogen and oxygen atoms in total. The van der Waals surface area contributed by atoms with Gasteiger partial charge in [0.1, 0.15) is 0 Å².